The van der Waals surface area contributed by atoms with Crippen LogP contribution in [0.3, 0.4) is 0 Å². The highest BCUT2D eigenvalue weighted by atomic mass is 16.5. The second-order valence-electron chi connectivity index (χ2n) is 4.52. The Morgan fingerprint density at radius 2 is 2.05 bits per heavy atom. The minimum absolute atomic E-state index is 0.0386. The van der Waals surface area contributed by atoms with Gasteiger partial charge in [0.1, 0.15) is 12.4 Å². The summed E-state index contributed by atoms with van der Waals surface area (Å²) in [5.74, 6) is 0.456. The van der Waals surface area contributed by atoms with Gasteiger partial charge in [-0.1, -0.05) is 30.3 Å². The number of aromatic nitrogens is 1. The third-order valence-corrected chi connectivity index (χ3v) is 2.89. The molecular weight excluding hydrogens is 268 g/mol. The van der Waals surface area contributed by atoms with E-state index in [4.69, 9.17) is 4.74 Å². The van der Waals surface area contributed by atoms with Crippen LogP contribution in [0.1, 0.15) is 18.1 Å². The van der Waals surface area contributed by atoms with Crippen molar-refractivity contribution in [2.45, 2.75) is 12.5 Å². The number of aliphatic hydroxyl groups excluding tert-OH is 1. The maximum atomic E-state index is 11.7. The molecule has 1 heterocycles. The van der Waals surface area contributed by atoms with Gasteiger partial charge in [0.15, 0.2) is 0 Å². The molecule has 2 N–H and O–H groups in total. The lowest BCUT2D eigenvalue weighted by molar-refractivity contribution is -0.123. The quantitative estimate of drug-likeness (QED) is 0.760. The van der Waals surface area contributed by atoms with Gasteiger partial charge in [0, 0.05) is 6.20 Å². The molecule has 0 fully saturated rings. The summed E-state index contributed by atoms with van der Waals surface area (Å²) >= 11 is 0. The first-order chi connectivity index (χ1) is 10.3. The van der Waals surface area contributed by atoms with Gasteiger partial charge in [0.05, 0.1) is 25.3 Å². The molecule has 21 heavy (non-hydrogen) atoms. The van der Waals surface area contributed by atoms with Crippen LogP contribution in [0.2, 0.25) is 0 Å². The van der Waals surface area contributed by atoms with Gasteiger partial charge in [-0.05, 0) is 17.7 Å². The lowest BCUT2D eigenvalue weighted by atomic mass is 10.1. The molecule has 2 aromatic rings. The van der Waals surface area contributed by atoms with E-state index in [0.29, 0.717) is 18.9 Å². The molecule has 0 radical (unpaired) electrons. The standard InChI is InChI=1S/C16H18N2O3/c19-15(13-5-2-1-3-6-13)11-16(20)18-9-10-21-14-7-4-8-17-12-14/h1-8,12,15,19H,9-11H2,(H,18,20). The van der Waals surface area contributed by atoms with E-state index in [1.54, 1.807) is 36.7 Å². The molecule has 1 atom stereocenters. The summed E-state index contributed by atoms with van der Waals surface area (Å²) in [6.45, 7) is 0.744. The molecule has 1 aromatic carbocycles. The fourth-order valence-corrected chi connectivity index (χ4v) is 1.83. The fraction of sp³-hybridized carbons (Fsp3) is 0.250. The van der Waals surface area contributed by atoms with E-state index in [1.807, 2.05) is 18.2 Å². The highest BCUT2D eigenvalue weighted by Gasteiger charge is 2.12. The van der Waals surface area contributed by atoms with Crippen LogP contribution < -0.4 is 10.1 Å². The average molecular weight is 286 g/mol. The number of rotatable bonds is 7. The summed E-state index contributed by atoms with van der Waals surface area (Å²) in [6, 6.07) is 12.7. The number of ether oxygens (including phenoxy) is 1. The Morgan fingerprint density at radius 3 is 2.76 bits per heavy atom. The van der Waals surface area contributed by atoms with Crippen LogP contribution in [0.15, 0.2) is 54.9 Å². The van der Waals surface area contributed by atoms with E-state index in [1.165, 1.54) is 0 Å². The number of hydrogen-bond acceptors (Lipinski definition) is 4. The van der Waals surface area contributed by atoms with Crippen molar-refractivity contribution in [1.29, 1.82) is 0 Å². The lowest BCUT2D eigenvalue weighted by Crippen LogP contribution is -2.29. The molecule has 0 aliphatic carbocycles. The molecule has 5 heteroatoms. The van der Waals surface area contributed by atoms with Crippen molar-refractivity contribution in [2.75, 3.05) is 13.2 Å². The molecule has 1 amide bonds. The highest BCUT2D eigenvalue weighted by molar-refractivity contribution is 5.76. The maximum absolute atomic E-state index is 11.7. The summed E-state index contributed by atoms with van der Waals surface area (Å²) in [4.78, 5) is 15.6. The first kappa shape index (κ1) is 15.0. The molecule has 1 aromatic heterocycles. The topological polar surface area (TPSA) is 71.5 Å². The molecule has 0 aliphatic rings. The van der Waals surface area contributed by atoms with Crippen LogP contribution in [0.5, 0.6) is 5.75 Å². The number of aliphatic hydroxyl groups is 1. The summed E-state index contributed by atoms with van der Waals surface area (Å²) < 4.78 is 5.41. The molecule has 110 valence electrons. The molecular formula is C16H18N2O3. The molecule has 0 saturated carbocycles. The highest BCUT2D eigenvalue weighted by Crippen LogP contribution is 2.15. The van der Waals surface area contributed by atoms with Crippen molar-refractivity contribution >= 4 is 5.91 Å². The Kier molecular flexibility index (Phi) is 5.72. The van der Waals surface area contributed by atoms with E-state index in [2.05, 4.69) is 10.3 Å². The maximum Gasteiger partial charge on any atom is 0.223 e. The number of benzene rings is 1. The van der Waals surface area contributed by atoms with Gasteiger partial charge in [-0.25, -0.2) is 0 Å². The molecule has 0 spiro atoms. The van der Waals surface area contributed by atoms with Gasteiger partial charge in [-0.3, -0.25) is 9.78 Å². The molecule has 5 nitrogen and oxygen atoms in total. The summed E-state index contributed by atoms with van der Waals surface area (Å²) in [5, 5.41) is 12.6. The van der Waals surface area contributed by atoms with Gasteiger partial charge in [0.2, 0.25) is 5.91 Å². The van der Waals surface area contributed by atoms with Crippen LogP contribution in [0.25, 0.3) is 0 Å². The zero-order chi connectivity index (χ0) is 14.9. The normalized spacial score (nSPS) is 11.7. The Balaban J connectivity index is 1.66. The van der Waals surface area contributed by atoms with Crippen LogP contribution in [-0.2, 0) is 4.79 Å². The Labute approximate surface area is 123 Å². The van der Waals surface area contributed by atoms with E-state index in [-0.39, 0.29) is 12.3 Å². The Bertz CT molecular complexity index is 546. The lowest BCUT2D eigenvalue weighted by Gasteiger charge is -2.11. The van der Waals surface area contributed by atoms with Gasteiger partial charge in [-0.15, -0.1) is 0 Å². The molecule has 0 aliphatic heterocycles. The third kappa shape index (κ3) is 5.24. The molecule has 0 bridgehead atoms. The second-order valence-corrected chi connectivity index (χ2v) is 4.52. The number of carbonyl (C=O) groups excluding carboxylic acids is 1. The number of nitrogens with zero attached hydrogens (tertiary/aromatic N) is 1. The van der Waals surface area contributed by atoms with Crippen molar-refractivity contribution < 1.29 is 14.6 Å². The summed E-state index contributed by atoms with van der Waals surface area (Å²) in [7, 11) is 0. The number of hydrogen-bond donors (Lipinski definition) is 2. The number of amides is 1. The minimum Gasteiger partial charge on any atom is -0.490 e. The Morgan fingerprint density at radius 1 is 1.24 bits per heavy atom. The predicted molar refractivity (Wildman–Crippen MR) is 78.8 cm³/mol. The van der Waals surface area contributed by atoms with Crippen LogP contribution >= 0.6 is 0 Å². The second kappa shape index (κ2) is 8.01. The van der Waals surface area contributed by atoms with Crippen molar-refractivity contribution in [3.8, 4) is 5.75 Å². The summed E-state index contributed by atoms with van der Waals surface area (Å²) in [6.07, 6.45) is 2.53. The first-order valence-corrected chi connectivity index (χ1v) is 6.78. The molecule has 0 saturated heterocycles. The van der Waals surface area contributed by atoms with Gasteiger partial charge < -0.3 is 15.2 Å². The zero-order valence-electron chi connectivity index (χ0n) is 11.6. The first-order valence-electron chi connectivity index (χ1n) is 6.78. The van der Waals surface area contributed by atoms with E-state index in [9.17, 15) is 9.90 Å². The number of carbonyl (C=O) groups is 1. The number of nitrogens with one attached hydrogen (secondary N) is 1. The van der Waals surface area contributed by atoms with Crippen molar-refractivity contribution in [1.82, 2.24) is 10.3 Å². The zero-order valence-corrected chi connectivity index (χ0v) is 11.6. The Hall–Kier alpha value is -2.40. The van der Waals surface area contributed by atoms with Crippen LogP contribution in [-0.4, -0.2) is 29.1 Å². The van der Waals surface area contributed by atoms with Crippen molar-refractivity contribution in [3.05, 3.63) is 60.4 Å². The third-order valence-electron chi connectivity index (χ3n) is 2.89. The largest absolute Gasteiger partial charge is 0.490 e. The predicted octanol–water partition coefficient (Wildman–Crippen LogP) is 1.70. The van der Waals surface area contributed by atoms with Gasteiger partial charge in [0.25, 0.3) is 0 Å². The van der Waals surface area contributed by atoms with Crippen molar-refractivity contribution in [3.63, 3.8) is 0 Å². The minimum atomic E-state index is -0.787. The van der Waals surface area contributed by atoms with E-state index in [0.717, 1.165) is 5.56 Å². The smallest absolute Gasteiger partial charge is 0.223 e. The van der Waals surface area contributed by atoms with Gasteiger partial charge in [-0.2, -0.15) is 0 Å². The molecule has 2 rings (SSSR count). The monoisotopic (exact) mass is 286 g/mol. The van der Waals surface area contributed by atoms with E-state index >= 15 is 0 Å². The van der Waals surface area contributed by atoms with Crippen molar-refractivity contribution in [2.24, 2.45) is 0 Å². The molecule has 1 unspecified atom stereocenters. The SMILES string of the molecule is O=C(CC(O)c1ccccc1)NCCOc1cccnc1. The fourth-order valence-electron chi connectivity index (χ4n) is 1.83. The average Bonchev–Trinajstić information content (AvgIpc) is 2.53. The van der Waals surface area contributed by atoms with E-state index < -0.39 is 6.10 Å². The van der Waals surface area contributed by atoms with Crippen LogP contribution in [0, 0.1) is 0 Å². The van der Waals surface area contributed by atoms with Crippen LogP contribution in [0.4, 0.5) is 0 Å². The number of pyridine rings is 1. The van der Waals surface area contributed by atoms with Gasteiger partial charge >= 0.3 is 0 Å². The summed E-state index contributed by atoms with van der Waals surface area (Å²) in [5.41, 5.74) is 0.735.